The number of amides is 1. The quantitative estimate of drug-likeness (QED) is 0.741. The van der Waals surface area contributed by atoms with Crippen molar-refractivity contribution in [3.8, 4) is 0 Å². The molecule has 7 heteroatoms. The van der Waals surface area contributed by atoms with Crippen LogP contribution in [0.15, 0.2) is 40.8 Å². The van der Waals surface area contributed by atoms with Gasteiger partial charge in [-0.05, 0) is 42.2 Å². The summed E-state index contributed by atoms with van der Waals surface area (Å²) >= 11 is 0. The van der Waals surface area contributed by atoms with Crippen molar-refractivity contribution in [1.29, 1.82) is 0 Å². The Morgan fingerprint density at radius 1 is 1.29 bits per heavy atom. The van der Waals surface area contributed by atoms with Crippen molar-refractivity contribution in [2.24, 2.45) is 21.8 Å². The first-order chi connectivity index (χ1) is 13.1. The van der Waals surface area contributed by atoms with E-state index in [0.717, 1.165) is 33.8 Å². The van der Waals surface area contributed by atoms with Crippen molar-refractivity contribution in [3.63, 3.8) is 0 Å². The molecule has 0 radical (unpaired) electrons. The first-order valence-electron chi connectivity index (χ1n) is 9.61. The van der Waals surface area contributed by atoms with Crippen LogP contribution in [0.3, 0.4) is 0 Å². The smallest absolute Gasteiger partial charge is 0.255 e. The van der Waals surface area contributed by atoms with E-state index in [9.17, 15) is 13.2 Å². The molecule has 0 aliphatic heterocycles. The number of hydrazone groups is 1. The van der Waals surface area contributed by atoms with E-state index >= 15 is 0 Å². The van der Waals surface area contributed by atoms with E-state index in [4.69, 9.17) is 0 Å². The number of carbonyl (C=O) groups excluding carboxylic acids is 1. The molecular weight excluding hydrogens is 374 g/mol. The lowest BCUT2D eigenvalue weighted by Crippen LogP contribution is -2.38. The van der Waals surface area contributed by atoms with Gasteiger partial charge >= 0.3 is 0 Å². The molecule has 152 valence electrons. The molecule has 2 aliphatic carbocycles. The zero-order valence-corrected chi connectivity index (χ0v) is 17.8. The number of nitrogens with one attached hydrogen (secondary N) is 1. The fourth-order valence-electron chi connectivity index (χ4n) is 4.39. The van der Waals surface area contributed by atoms with Gasteiger partial charge in [-0.3, -0.25) is 4.79 Å². The highest BCUT2D eigenvalue weighted by Crippen LogP contribution is 2.63. The van der Waals surface area contributed by atoms with Crippen LogP contribution >= 0.6 is 0 Å². The van der Waals surface area contributed by atoms with Gasteiger partial charge in [0.1, 0.15) is 0 Å². The molecule has 0 unspecified atom stereocenters. The van der Waals surface area contributed by atoms with Gasteiger partial charge in [0.15, 0.2) is 0 Å². The van der Waals surface area contributed by atoms with Crippen molar-refractivity contribution in [1.82, 2.24) is 9.73 Å². The summed E-state index contributed by atoms with van der Waals surface area (Å²) in [6, 6.07) is 9.15. The molecule has 1 aromatic carbocycles. The normalized spacial score (nSPS) is 27.8. The summed E-state index contributed by atoms with van der Waals surface area (Å²) in [5, 5.41) is 5.49. The second-order valence-electron chi connectivity index (χ2n) is 8.60. The SMILES string of the molecule is CN(CC(=O)N/N=C1/C[C@@H]2CC[C@]1(C)C2(C)C)S(=O)(=O)/C=C/c1ccccc1. The highest BCUT2D eigenvalue weighted by molar-refractivity contribution is 7.92. The van der Waals surface area contributed by atoms with Gasteiger partial charge < -0.3 is 0 Å². The van der Waals surface area contributed by atoms with Crippen LogP contribution in [-0.4, -0.2) is 37.9 Å². The maximum atomic E-state index is 12.4. The highest BCUT2D eigenvalue weighted by Gasteiger charge is 2.60. The van der Waals surface area contributed by atoms with Gasteiger partial charge in [0.2, 0.25) is 10.0 Å². The van der Waals surface area contributed by atoms with Gasteiger partial charge in [-0.1, -0.05) is 51.1 Å². The van der Waals surface area contributed by atoms with Crippen LogP contribution in [0.2, 0.25) is 0 Å². The predicted molar refractivity (Wildman–Crippen MR) is 112 cm³/mol. The van der Waals surface area contributed by atoms with E-state index in [0.29, 0.717) is 5.92 Å². The van der Waals surface area contributed by atoms with E-state index in [-0.39, 0.29) is 17.4 Å². The Morgan fingerprint density at radius 2 is 1.96 bits per heavy atom. The summed E-state index contributed by atoms with van der Waals surface area (Å²) in [6.07, 6.45) is 4.70. The first-order valence-corrected chi connectivity index (χ1v) is 11.1. The summed E-state index contributed by atoms with van der Waals surface area (Å²) in [6.45, 7) is 6.49. The van der Waals surface area contributed by atoms with Crippen LogP contribution in [0.1, 0.15) is 45.6 Å². The van der Waals surface area contributed by atoms with Gasteiger partial charge in [0, 0.05) is 23.6 Å². The minimum Gasteiger partial charge on any atom is -0.272 e. The average molecular weight is 404 g/mol. The molecule has 0 heterocycles. The Bertz CT molecular complexity index is 906. The Balaban J connectivity index is 1.60. The van der Waals surface area contributed by atoms with Crippen LogP contribution in [-0.2, 0) is 14.8 Å². The number of hydrogen-bond donors (Lipinski definition) is 1. The van der Waals surface area contributed by atoms with Crippen LogP contribution in [0.25, 0.3) is 6.08 Å². The number of carbonyl (C=O) groups is 1. The maximum absolute atomic E-state index is 12.4. The highest BCUT2D eigenvalue weighted by atomic mass is 32.2. The molecule has 0 saturated heterocycles. The minimum atomic E-state index is -3.69. The largest absolute Gasteiger partial charge is 0.272 e. The number of hydrogen-bond acceptors (Lipinski definition) is 4. The molecule has 3 rings (SSSR count). The van der Waals surface area contributed by atoms with Gasteiger partial charge in [-0.2, -0.15) is 9.41 Å². The summed E-state index contributed by atoms with van der Waals surface area (Å²) < 4.78 is 25.7. The molecule has 28 heavy (non-hydrogen) atoms. The lowest BCUT2D eigenvalue weighted by Gasteiger charge is -2.34. The minimum absolute atomic E-state index is 0.00134. The number of fused-ring (bicyclic) bond motifs is 2. The summed E-state index contributed by atoms with van der Waals surface area (Å²) in [7, 11) is -2.30. The van der Waals surface area contributed by atoms with Crippen molar-refractivity contribution < 1.29 is 13.2 Å². The van der Waals surface area contributed by atoms with Gasteiger partial charge in [0.25, 0.3) is 5.91 Å². The summed E-state index contributed by atoms with van der Waals surface area (Å²) in [5.74, 6) is 0.162. The van der Waals surface area contributed by atoms with Crippen LogP contribution in [0, 0.1) is 16.7 Å². The van der Waals surface area contributed by atoms with E-state index in [1.54, 1.807) is 0 Å². The molecular formula is C21H29N3O3S. The average Bonchev–Trinajstić information content (AvgIpc) is 2.99. The second kappa shape index (κ2) is 7.44. The molecule has 1 amide bonds. The van der Waals surface area contributed by atoms with Crippen LogP contribution in [0.4, 0.5) is 0 Å². The van der Waals surface area contributed by atoms with E-state index in [2.05, 4.69) is 31.3 Å². The zero-order chi connectivity index (χ0) is 20.6. The molecule has 2 aliphatic rings. The van der Waals surface area contributed by atoms with Crippen molar-refractivity contribution in [2.45, 2.75) is 40.0 Å². The molecule has 1 aromatic rings. The summed E-state index contributed by atoms with van der Waals surface area (Å²) in [4.78, 5) is 12.3. The first kappa shape index (κ1) is 20.7. The van der Waals surface area contributed by atoms with Gasteiger partial charge in [0.05, 0.1) is 6.54 Å². The molecule has 2 saturated carbocycles. The third-order valence-corrected chi connectivity index (χ3v) is 8.34. The van der Waals surface area contributed by atoms with Gasteiger partial charge in [-0.25, -0.2) is 13.8 Å². The third kappa shape index (κ3) is 3.78. The molecule has 2 bridgehead atoms. The van der Waals surface area contributed by atoms with E-state index in [1.807, 2.05) is 30.3 Å². The molecule has 2 fully saturated rings. The number of likely N-dealkylation sites (N-methyl/N-ethyl adjacent to an activating group) is 1. The standard InChI is InChI=1S/C21H29N3O3S/c1-20(2)17-10-12-21(20,3)18(14-17)22-23-19(25)15-24(4)28(26,27)13-11-16-8-6-5-7-9-16/h5-9,11,13,17H,10,12,14-15H2,1-4H3,(H,23,25)/b13-11+,22-18-/t17-,21-/m0/s1. The summed E-state index contributed by atoms with van der Waals surface area (Å²) in [5.41, 5.74) is 4.55. The van der Waals surface area contributed by atoms with Crippen molar-refractivity contribution in [2.75, 3.05) is 13.6 Å². The lowest BCUT2D eigenvalue weighted by atomic mass is 9.70. The van der Waals surface area contributed by atoms with Crippen molar-refractivity contribution >= 4 is 27.7 Å². The monoisotopic (exact) mass is 403 g/mol. The van der Waals surface area contributed by atoms with Crippen LogP contribution < -0.4 is 5.43 Å². The van der Waals surface area contributed by atoms with Gasteiger partial charge in [-0.15, -0.1) is 0 Å². The molecule has 2 atom stereocenters. The topological polar surface area (TPSA) is 78.8 Å². The zero-order valence-electron chi connectivity index (χ0n) is 17.0. The fraction of sp³-hybridized carbons (Fsp3) is 0.524. The molecule has 0 aromatic heterocycles. The lowest BCUT2D eigenvalue weighted by molar-refractivity contribution is -0.121. The number of sulfonamides is 1. The second-order valence-corrected chi connectivity index (χ2v) is 10.5. The number of benzene rings is 1. The molecule has 1 N–H and O–H groups in total. The van der Waals surface area contributed by atoms with E-state index < -0.39 is 15.9 Å². The van der Waals surface area contributed by atoms with Crippen molar-refractivity contribution in [3.05, 3.63) is 41.3 Å². The predicted octanol–water partition coefficient (Wildman–Crippen LogP) is 3.24. The fourth-order valence-corrected chi connectivity index (χ4v) is 5.22. The van der Waals surface area contributed by atoms with E-state index in [1.165, 1.54) is 19.5 Å². The Labute approximate surface area is 167 Å². The Hall–Kier alpha value is -1.99. The van der Waals surface area contributed by atoms with Crippen LogP contribution in [0.5, 0.6) is 0 Å². The Morgan fingerprint density at radius 3 is 2.54 bits per heavy atom. The number of nitrogens with zero attached hydrogens (tertiary/aromatic N) is 2. The Kier molecular flexibility index (Phi) is 5.51. The maximum Gasteiger partial charge on any atom is 0.255 e. The number of rotatable bonds is 6. The molecule has 0 spiro atoms. The third-order valence-electron chi connectivity index (χ3n) is 6.86. The molecule has 6 nitrogen and oxygen atoms in total.